The maximum Gasteiger partial charge on any atom is 0.314 e. The zero-order chi connectivity index (χ0) is 26.8. The number of fused-ring (bicyclic) bond motifs is 1. The van der Waals surface area contributed by atoms with Gasteiger partial charge in [-0.05, 0) is 45.4 Å². The quantitative estimate of drug-likeness (QED) is 0.399. The highest BCUT2D eigenvalue weighted by Gasteiger charge is 2.37. The number of nitrogens with zero attached hydrogens (tertiary/aromatic N) is 5. The van der Waals surface area contributed by atoms with Gasteiger partial charge in [0, 0.05) is 42.5 Å². The van der Waals surface area contributed by atoms with Gasteiger partial charge in [-0.2, -0.15) is 4.98 Å². The lowest BCUT2D eigenvalue weighted by molar-refractivity contribution is -0.136. The fourth-order valence-electron chi connectivity index (χ4n) is 4.71. The van der Waals surface area contributed by atoms with E-state index in [9.17, 15) is 14.4 Å². The summed E-state index contributed by atoms with van der Waals surface area (Å²) in [4.78, 5) is 54.7. The summed E-state index contributed by atoms with van der Waals surface area (Å²) >= 11 is 7.21. The highest BCUT2D eigenvalue weighted by atomic mass is 35.5. The van der Waals surface area contributed by atoms with Crippen molar-refractivity contribution in [2.24, 2.45) is 0 Å². The van der Waals surface area contributed by atoms with Crippen LogP contribution in [0.25, 0.3) is 0 Å². The van der Waals surface area contributed by atoms with Gasteiger partial charge in [0.1, 0.15) is 5.82 Å². The molecule has 3 atom stereocenters. The number of amides is 3. The molecular formula is C24H27ClN8O4S. The molecule has 0 spiro atoms. The van der Waals surface area contributed by atoms with Crippen LogP contribution in [-0.2, 0) is 22.6 Å². The van der Waals surface area contributed by atoms with Gasteiger partial charge in [0.2, 0.25) is 5.89 Å². The SMILES string of the molecule is Cc1noc([C@H]2CC[C@H](NC(=O)C(=O)Nc3ccc(Cl)cn3)[C@H](NC(=O)c3nc4c(s3)CN(C)CC4)C2)n1. The van der Waals surface area contributed by atoms with E-state index in [-0.39, 0.29) is 17.6 Å². The zero-order valence-corrected chi connectivity index (χ0v) is 22.4. The number of rotatable bonds is 5. The number of carbonyl (C=O) groups excluding carboxylic acids is 3. The van der Waals surface area contributed by atoms with Gasteiger partial charge in [-0.1, -0.05) is 16.8 Å². The van der Waals surface area contributed by atoms with Crippen LogP contribution in [0, 0.1) is 6.92 Å². The van der Waals surface area contributed by atoms with Crippen LogP contribution in [-0.4, -0.2) is 68.4 Å². The Labute approximate surface area is 227 Å². The van der Waals surface area contributed by atoms with Gasteiger partial charge in [0.05, 0.1) is 16.8 Å². The van der Waals surface area contributed by atoms with Crippen molar-refractivity contribution in [3.8, 4) is 0 Å². The molecule has 0 aromatic carbocycles. The number of anilines is 1. The summed E-state index contributed by atoms with van der Waals surface area (Å²) in [5.74, 6) is -0.878. The lowest BCUT2D eigenvalue weighted by Gasteiger charge is -2.35. The molecule has 3 amide bonds. The monoisotopic (exact) mass is 558 g/mol. The largest absolute Gasteiger partial charge is 0.345 e. The number of halogens is 1. The van der Waals surface area contributed by atoms with E-state index in [1.165, 1.54) is 23.6 Å². The molecule has 0 bridgehead atoms. The van der Waals surface area contributed by atoms with E-state index in [4.69, 9.17) is 16.1 Å². The van der Waals surface area contributed by atoms with E-state index < -0.39 is 23.9 Å². The lowest BCUT2D eigenvalue weighted by Crippen LogP contribution is -2.56. The maximum absolute atomic E-state index is 13.3. The first-order valence-corrected chi connectivity index (χ1v) is 13.5. The highest BCUT2D eigenvalue weighted by Crippen LogP contribution is 2.33. The minimum atomic E-state index is -0.865. The van der Waals surface area contributed by atoms with Crippen LogP contribution >= 0.6 is 22.9 Å². The molecule has 38 heavy (non-hydrogen) atoms. The number of thiazole rings is 1. The third-order valence-corrected chi connectivity index (χ3v) is 7.97. The Morgan fingerprint density at radius 1 is 1.13 bits per heavy atom. The molecule has 1 saturated carbocycles. The molecule has 5 rings (SSSR count). The first kappa shape index (κ1) is 26.2. The fraction of sp³-hybridized carbons (Fsp3) is 0.458. The fourth-order valence-corrected chi connectivity index (χ4v) is 5.92. The standard InChI is InChI=1S/C24H27ClN8O4S/c1-12-27-23(37-32-12)13-3-5-15(28-20(34)21(35)31-19-6-4-14(25)10-26-19)17(9-13)29-22(36)24-30-16-7-8-33(2)11-18(16)38-24/h4,6,10,13,15,17H,3,5,7-9,11H2,1-2H3,(H,28,34)(H,29,36)(H,26,31,35)/t13-,15-,17+/m0/s1. The van der Waals surface area contributed by atoms with Crippen LogP contribution in [0.5, 0.6) is 0 Å². The van der Waals surface area contributed by atoms with E-state index in [0.29, 0.717) is 41.0 Å². The molecule has 2 aliphatic rings. The molecule has 200 valence electrons. The lowest BCUT2D eigenvalue weighted by atomic mass is 9.82. The molecule has 1 aliphatic heterocycles. The number of likely N-dealkylation sites (N-methyl/N-ethyl adjacent to an activating group) is 1. The number of hydrogen-bond donors (Lipinski definition) is 3. The second-order valence-electron chi connectivity index (χ2n) is 9.54. The molecule has 14 heteroatoms. The Hall–Kier alpha value is -3.42. The van der Waals surface area contributed by atoms with Crippen molar-refractivity contribution in [1.82, 2.24) is 35.6 Å². The molecule has 3 N–H and O–H groups in total. The highest BCUT2D eigenvalue weighted by molar-refractivity contribution is 7.13. The van der Waals surface area contributed by atoms with E-state index >= 15 is 0 Å². The average molecular weight is 559 g/mol. The molecule has 0 saturated heterocycles. The van der Waals surface area contributed by atoms with Crippen LogP contribution in [0.4, 0.5) is 5.82 Å². The summed E-state index contributed by atoms with van der Waals surface area (Å²) in [6, 6.07) is 2.08. The van der Waals surface area contributed by atoms with Crippen molar-refractivity contribution >= 4 is 46.5 Å². The van der Waals surface area contributed by atoms with Gasteiger partial charge in [0.25, 0.3) is 5.91 Å². The van der Waals surface area contributed by atoms with E-state index in [0.717, 1.165) is 30.1 Å². The summed E-state index contributed by atoms with van der Waals surface area (Å²) in [6.45, 7) is 3.40. The van der Waals surface area contributed by atoms with Gasteiger partial charge in [-0.15, -0.1) is 11.3 Å². The number of hydrogen-bond acceptors (Lipinski definition) is 10. The van der Waals surface area contributed by atoms with Crippen LogP contribution in [0.15, 0.2) is 22.9 Å². The average Bonchev–Trinajstić information content (AvgIpc) is 3.52. The normalized spacial score (nSPS) is 21.4. The molecule has 1 aliphatic carbocycles. The molecule has 3 aromatic heterocycles. The van der Waals surface area contributed by atoms with Crippen molar-refractivity contribution in [3.05, 3.63) is 50.6 Å². The summed E-state index contributed by atoms with van der Waals surface area (Å²) in [7, 11) is 2.04. The van der Waals surface area contributed by atoms with Crippen LogP contribution in [0.3, 0.4) is 0 Å². The molecule has 0 radical (unpaired) electrons. The smallest absolute Gasteiger partial charge is 0.314 e. The van der Waals surface area contributed by atoms with E-state index in [1.54, 1.807) is 13.0 Å². The number of aromatic nitrogens is 4. The third kappa shape index (κ3) is 6.00. The second-order valence-corrected chi connectivity index (χ2v) is 11.1. The van der Waals surface area contributed by atoms with Crippen LogP contribution in [0.1, 0.15) is 57.3 Å². The number of pyridine rings is 1. The van der Waals surface area contributed by atoms with Crippen molar-refractivity contribution in [1.29, 1.82) is 0 Å². The van der Waals surface area contributed by atoms with Gasteiger partial charge in [-0.3, -0.25) is 14.4 Å². The molecule has 0 unspecified atom stereocenters. The molecule has 1 fully saturated rings. The summed E-state index contributed by atoms with van der Waals surface area (Å²) in [5, 5.41) is 13.0. The van der Waals surface area contributed by atoms with Crippen molar-refractivity contribution in [2.75, 3.05) is 18.9 Å². The summed E-state index contributed by atoms with van der Waals surface area (Å²) in [5.41, 5.74) is 0.957. The van der Waals surface area contributed by atoms with E-state index in [2.05, 4.69) is 41.0 Å². The topological polar surface area (TPSA) is 155 Å². The Kier molecular flexibility index (Phi) is 7.68. The minimum Gasteiger partial charge on any atom is -0.345 e. The van der Waals surface area contributed by atoms with E-state index in [1.807, 2.05) is 7.05 Å². The van der Waals surface area contributed by atoms with Crippen LogP contribution in [0.2, 0.25) is 5.02 Å². The molecule has 3 aromatic rings. The van der Waals surface area contributed by atoms with Gasteiger partial charge < -0.3 is 25.4 Å². The first-order valence-electron chi connectivity index (χ1n) is 12.3. The Morgan fingerprint density at radius 3 is 2.71 bits per heavy atom. The predicted molar refractivity (Wildman–Crippen MR) is 139 cm³/mol. The third-order valence-electron chi connectivity index (χ3n) is 6.67. The number of nitrogens with one attached hydrogen (secondary N) is 3. The van der Waals surface area contributed by atoms with Crippen molar-refractivity contribution < 1.29 is 18.9 Å². The Balaban J connectivity index is 1.29. The predicted octanol–water partition coefficient (Wildman–Crippen LogP) is 2.06. The second kappa shape index (κ2) is 11.1. The zero-order valence-electron chi connectivity index (χ0n) is 20.9. The molecular weight excluding hydrogens is 532 g/mol. The minimum absolute atomic E-state index is 0.0973. The van der Waals surface area contributed by atoms with Crippen molar-refractivity contribution in [3.63, 3.8) is 0 Å². The molecule has 12 nitrogen and oxygen atoms in total. The Bertz CT molecular complexity index is 1340. The molecule has 4 heterocycles. The Morgan fingerprint density at radius 2 is 1.97 bits per heavy atom. The summed E-state index contributed by atoms with van der Waals surface area (Å²) < 4.78 is 5.38. The van der Waals surface area contributed by atoms with Gasteiger partial charge >= 0.3 is 11.8 Å². The van der Waals surface area contributed by atoms with Crippen LogP contribution < -0.4 is 16.0 Å². The maximum atomic E-state index is 13.3. The summed E-state index contributed by atoms with van der Waals surface area (Å²) in [6.07, 6.45) is 3.75. The number of carbonyl (C=O) groups is 3. The number of aryl methyl sites for hydroxylation is 1. The van der Waals surface area contributed by atoms with Crippen molar-refractivity contribution in [2.45, 2.75) is 57.2 Å². The first-order chi connectivity index (χ1) is 18.2. The van der Waals surface area contributed by atoms with Gasteiger partial charge in [0.15, 0.2) is 10.8 Å². The van der Waals surface area contributed by atoms with Gasteiger partial charge in [-0.25, -0.2) is 9.97 Å².